The number of nitrogens with zero attached hydrogens (tertiary/aromatic N) is 1. The van der Waals surface area contributed by atoms with E-state index in [4.69, 9.17) is 5.26 Å². The van der Waals surface area contributed by atoms with Gasteiger partial charge in [0.2, 0.25) is 5.91 Å². The summed E-state index contributed by atoms with van der Waals surface area (Å²) in [6, 6.07) is 20.9. The van der Waals surface area contributed by atoms with Crippen molar-refractivity contribution in [2.75, 3.05) is 22.5 Å². The van der Waals surface area contributed by atoms with E-state index in [1.807, 2.05) is 6.07 Å². The van der Waals surface area contributed by atoms with Crippen LogP contribution in [0.25, 0.3) is 0 Å². The van der Waals surface area contributed by atoms with Crippen LogP contribution >= 0.6 is 0 Å². The molecule has 144 valence electrons. The third-order valence-electron chi connectivity index (χ3n) is 4.03. The Morgan fingerprint density at radius 3 is 2.24 bits per heavy atom. The van der Waals surface area contributed by atoms with Crippen LogP contribution in [0.4, 0.5) is 21.5 Å². The fourth-order valence-corrected chi connectivity index (χ4v) is 2.63. The first-order chi connectivity index (χ1) is 14.1. The van der Waals surface area contributed by atoms with Gasteiger partial charge >= 0.3 is 0 Å². The van der Waals surface area contributed by atoms with E-state index in [9.17, 15) is 14.0 Å². The van der Waals surface area contributed by atoms with Crippen molar-refractivity contribution in [3.8, 4) is 6.07 Å². The van der Waals surface area contributed by atoms with Crippen molar-refractivity contribution in [2.24, 2.45) is 0 Å². The van der Waals surface area contributed by atoms with Gasteiger partial charge in [-0.2, -0.15) is 5.26 Å². The minimum absolute atomic E-state index is 0.0966. The number of amides is 2. The molecule has 0 fully saturated rings. The number of hydrogen-bond acceptors (Lipinski definition) is 4. The van der Waals surface area contributed by atoms with Gasteiger partial charge in [0, 0.05) is 11.4 Å². The van der Waals surface area contributed by atoms with Crippen molar-refractivity contribution in [3.05, 3.63) is 89.7 Å². The Balaban J connectivity index is 1.66. The summed E-state index contributed by atoms with van der Waals surface area (Å²) in [6.45, 7) is -0.0966. The lowest BCUT2D eigenvalue weighted by atomic mass is 10.1. The van der Waals surface area contributed by atoms with Crippen LogP contribution in [0.2, 0.25) is 0 Å². The molecule has 0 heterocycles. The molecule has 3 rings (SSSR count). The minimum atomic E-state index is -0.394. The van der Waals surface area contributed by atoms with E-state index in [-0.39, 0.29) is 12.5 Å². The number of rotatable bonds is 6. The molecule has 6 nitrogen and oxygen atoms in total. The third kappa shape index (κ3) is 5.17. The molecule has 29 heavy (non-hydrogen) atoms. The quantitative estimate of drug-likeness (QED) is 0.595. The molecule has 0 saturated heterocycles. The highest BCUT2D eigenvalue weighted by Gasteiger charge is 2.13. The molecule has 0 unspecified atom stereocenters. The molecular weight excluding hydrogens is 371 g/mol. The van der Waals surface area contributed by atoms with Crippen molar-refractivity contribution in [1.29, 1.82) is 5.26 Å². The summed E-state index contributed by atoms with van der Waals surface area (Å²) in [6.07, 6.45) is 0. The fraction of sp³-hybridized carbons (Fsp3) is 0.0455. The van der Waals surface area contributed by atoms with Crippen molar-refractivity contribution < 1.29 is 14.0 Å². The number of halogens is 1. The van der Waals surface area contributed by atoms with E-state index < -0.39 is 11.7 Å². The molecule has 2 amide bonds. The van der Waals surface area contributed by atoms with Crippen LogP contribution in [0.3, 0.4) is 0 Å². The molecule has 7 heteroatoms. The molecule has 0 saturated carbocycles. The lowest BCUT2D eigenvalue weighted by Gasteiger charge is -2.13. The zero-order valence-corrected chi connectivity index (χ0v) is 15.3. The first-order valence-electron chi connectivity index (χ1n) is 8.75. The van der Waals surface area contributed by atoms with Crippen molar-refractivity contribution >= 4 is 28.9 Å². The second kappa shape index (κ2) is 9.15. The van der Waals surface area contributed by atoms with Crippen molar-refractivity contribution in [1.82, 2.24) is 0 Å². The van der Waals surface area contributed by atoms with Gasteiger partial charge in [0.1, 0.15) is 11.9 Å². The molecule has 0 atom stereocenters. The van der Waals surface area contributed by atoms with E-state index in [1.165, 1.54) is 24.3 Å². The summed E-state index contributed by atoms with van der Waals surface area (Å²) in [5.74, 6) is -1.15. The van der Waals surface area contributed by atoms with Gasteiger partial charge in [0.15, 0.2) is 0 Å². The number of carbonyl (C=O) groups is 2. The molecule has 3 aromatic carbocycles. The highest BCUT2D eigenvalue weighted by Crippen LogP contribution is 2.18. The van der Waals surface area contributed by atoms with E-state index >= 15 is 0 Å². The number of para-hydroxylation sites is 2. The number of anilines is 3. The Morgan fingerprint density at radius 2 is 1.52 bits per heavy atom. The number of nitrogens with one attached hydrogen (secondary N) is 3. The van der Waals surface area contributed by atoms with Crippen LogP contribution in [0, 0.1) is 17.1 Å². The Labute approximate surface area is 167 Å². The lowest BCUT2D eigenvalue weighted by Crippen LogP contribution is -2.23. The first kappa shape index (κ1) is 19.6. The van der Waals surface area contributed by atoms with Gasteiger partial charge in [0.05, 0.1) is 23.4 Å². The van der Waals surface area contributed by atoms with E-state index in [0.29, 0.717) is 28.2 Å². The summed E-state index contributed by atoms with van der Waals surface area (Å²) in [7, 11) is 0. The van der Waals surface area contributed by atoms with Crippen LogP contribution in [-0.2, 0) is 4.79 Å². The predicted molar refractivity (Wildman–Crippen MR) is 109 cm³/mol. The van der Waals surface area contributed by atoms with E-state index in [2.05, 4.69) is 16.0 Å². The summed E-state index contributed by atoms with van der Waals surface area (Å²) in [5.41, 5.74) is 2.04. The lowest BCUT2D eigenvalue weighted by molar-refractivity contribution is -0.114. The molecule has 0 aliphatic carbocycles. The minimum Gasteiger partial charge on any atom is -0.376 e. The average molecular weight is 388 g/mol. The van der Waals surface area contributed by atoms with Gasteiger partial charge in [-0.1, -0.05) is 24.3 Å². The topological polar surface area (TPSA) is 94.0 Å². The Morgan fingerprint density at radius 1 is 0.862 bits per heavy atom. The normalized spacial score (nSPS) is 9.93. The van der Waals surface area contributed by atoms with Crippen LogP contribution in [-0.4, -0.2) is 18.4 Å². The maximum atomic E-state index is 13.0. The molecule has 0 bridgehead atoms. The standard InChI is InChI=1S/C22H17FN4O2/c23-16-9-11-17(12-10-16)26-22(29)18-6-2-4-8-20(18)25-14-21(28)27-19-7-3-1-5-15(19)13-24/h1-12,25H,14H2,(H,26,29)(H,27,28). The molecule has 0 aromatic heterocycles. The molecule has 0 aliphatic heterocycles. The van der Waals surface area contributed by atoms with Crippen LogP contribution in [0.15, 0.2) is 72.8 Å². The van der Waals surface area contributed by atoms with Gasteiger partial charge in [0.25, 0.3) is 5.91 Å². The van der Waals surface area contributed by atoms with Crippen LogP contribution in [0.5, 0.6) is 0 Å². The summed E-state index contributed by atoms with van der Waals surface area (Å²) in [4.78, 5) is 24.8. The molecule has 0 radical (unpaired) electrons. The Bertz CT molecular complexity index is 1070. The maximum Gasteiger partial charge on any atom is 0.257 e. The summed E-state index contributed by atoms with van der Waals surface area (Å²) >= 11 is 0. The molecule has 0 aliphatic rings. The molecule has 0 spiro atoms. The van der Waals surface area contributed by atoms with Gasteiger partial charge < -0.3 is 16.0 Å². The zero-order chi connectivity index (χ0) is 20.6. The fourth-order valence-electron chi connectivity index (χ4n) is 2.63. The number of hydrogen-bond donors (Lipinski definition) is 3. The smallest absolute Gasteiger partial charge is 0.257 e. The van der Waals surface area contributed by atoms with Gasteiger partial charge in [-0.3, -0.25) is 9.59 Å². The van der Waals surface area contributed by atoms with Gasteiger partial charge in [-0.25, -0.2) is 4.39 Å². The third-order valence-corrected chi connectivity index (χ3v) is 4.03. The first-order valence-corrected chi connectivity index (χ1v) is 8.75. The molecule has 3 N–H and O–H groups in total. The monoisotopic (exact) mass is 388 g/mol. The number of carbonyl (C=O) groups excluding carboxylic acids is 2. The highest BCUT2D eigenvalue weighted by atomic mass is 19.1. The summed E-state index contributed by atoms with van der Waals surface area (Å²) in [5, 5.41) is 17.4. The summed E-state index contributed by atoms with van der Waals surface area (Å²) < 4.78 is 13.0. The van der Waals surface area contributed by atoms with E-state index in [1.54, 1.807) is 48.5 Å². The second-order valence-corrected chi connectivity index (χ2v) is 6.07. The van der Waals surface area contributed by atoms with E-state index in [0.717, 1.165) is 0 Å². The molecular formula is C22H17FN4O2. The largest absolute Gasteiger partial charge is 0.376 e. The SMILES string of the molecule is N#Cc1ccccc1NC(=O)CNc1ccccc1C(=O)Nc1ccc(F)cc1. The predicted octanol–water partition coefficient (Wildman–Crippen LogP) is 4.00. The van der Waals surface area contributed by atoms with Gasteiger partial charge in [-0.15, -0.1) is 0 Å². The highest BCUT2D eigenvalue weighted by molar-refractivity contribution is 6.08. The average Bonchev–Trinajstić information content (AvgIpc) is 2.74. The molecule has 3 aromatic rings. The van der Waals surface area contributed by atoms with Crippen molar-refractivity contribution in [2.45, 2.75) is 0 Å². The van der Waals surface area contributed by atoms with Gasteiger partial charge in [-0.05, 0) is 48.5 Å². The number of nitriles is 1. The van der Waals surface area contributed by atoms with Crippen molar-refractivity contribution in [3.63, 3.8) is 0 Å². The zero-order valence-electron chi connectivity index (χ0n) is 15.3. The maximum absolute atomic E-state index is 13.0. The number of benzene rings is 3. The Kier molecular flexibility index (Phi) is 6.18. The van der Waals surface area contributed by atoms with Crippen LogP contribution < -0.4 is 16.0 Å². The Hall–Kier alpha value is -4.18. The second-order valence-electron chi connectivity index (χ2n) is 6.07. The van der Waals surface area contributed by atoms with Crippen LogP contribution in [0.1, 0.15) is 15.9 Å².